The largest absolute Gasteiger partial charge is 0.550 e. The zero-order valence-corrected chi connectivity index (χ0v) is 18.1. The predicted octanol–water partition coefficient (Wildman–Crippen LogP) is 1.44. The first-order chi connectivity index (χ1) is 15.2. The van der Waals surface area contributed by atoms with Crippen LogP contribution in [-0.2, 0) is 10.3 Å². The lowest BCUT2D eigenvalue weighted by Gasteiger charge is -2.62. The number of anilines is 2. The highest BCUT2D eigenvalue weighted by Crippen LogP contribution is 2.64. The van der Waals surface area contributed by atoms with Crippen molar-refractivity contribution in [2.45, 2.75) is 50.5 Å². The van der Waals surface area contributed by atoms with E-state index in [0.717, 1.165) is 32.1 Å². The Morgan fingerprint density at radius 1 is 1.19 bits per heavy atom. The van der Waals surface area contributed by atoms with Gasteiger partial charge in [-0.15, -0.1) is 0 Å². The molecule has 1 heterocycles. The number of carbonyl (C=O) groups excluding carboxylic acids is 2. The van der Waals surface area contributed by atoms with Crippen molar-refractivity contribution in [3.05, 3.63) is 51.4 Å². The third-order valence-corrected chi connectivity index (χ3v) is 7.78. The normalized spacial score (nSPS) is 30.3. The Kier molecular flexibility index (Phi) is 4.81. The van der Waals surface area contributed by atoms with E-state index < -0.39 is 23.0 Å². The van der Waals surface area contributed by atoms with Gasteiger partial charge in [0.25, 0.3) is 5.56 Å². The van der Waals surface area contributed by atoms with E-state index in [2.05, 4.69) is 10.4 Å². The molecular weight excluding hydrogens is 434 g/mol. The standard InChI is InChI=1S/C23H24ClN3O5/c24-19-17(26-16-3-1-2-15(5-16)21(31)32)11-25-27(20(19)30)23-8-13-4-14(9-23)7-22(6-13,12-23)10-18(28)29/h1-3,5,11,13-14,26H,4,6-10,12H2,(H,28,29)(H,31,32)/p-2/t13-,14+,22?,23?. The smallest absolute Gasteiger partial charge is 0.288 e. The Hall–Kier alpha value is -2.87. The summed E-state index contributed by atoms with van der Waals surface area (Å²) in [6.45, 7) is 0. The molecule has 2 unspecified atom stereocenters. The van der Waals surface area contributed by atoms with Crippen molar-refractivity contribution in [1.29, 1.82) is 0 Å². The third kappa shape index (κ3) is 3.46. The van der Waals surface area contributed by atoms with E-state index in [1.807, 2.05) is 0 Å². The number of hydrogen-bond donors (Lipinski definition) is 1. The monoisotopic (exact) mass is 455 g/mol. The van der Waals surface area contributed by atoms with Gasteiger partial charge in [0.05, 0.1) is 23.4 Å². The molecule has 32 heavy (non-hydrogen) atoms. The molecule has 4 atom stereocenters. The molecule has 9 heteroatoms. The van der Waals surface area contributed by atoms with Crippen molar-refractivity contribution >= 4 is 34.9 Å². The number of aromatic nitrogens is 2. The molecule has 4 fully saturated rings. The van der Waals surface area contributed by atoms with E-state index in [-0.39, 0.29) is 28.1 Å². The van der Waals surface area contributed by atoms with Gasteiger partial charge in [-0.3, -0.25) is 4.79 Å². The number of nitrogens with one attached hydrogen (secondary N) is 1. The van der Waals surface area contributed by atoms with Crippen molar-refractivity contribution in [2.75, 3.05) is 5.32 Å². The second-order valence-electron chi connectivity index (χ2n) is 9.82. The van der Waals surface area contributed by atoms with Crippen LogP contribution in [0.25, 0.3) is 0 Å². The number of benzene rings is 1. The van der Waals surface area contributed by atoms with E-state index in [1.165, 1.54) is 23.0 Å². The fourth-order valence-corrected chi connectivity index (χ4v) is 7.08. The zero-order valence-electron chi connectivity index (χ0n) is 17.3. The maximum atomic E-state index is 13.3. The molecule has 0 aliphatic heterocycles. The van der Waals surface area contributed by atoms with Crippen molar-refractivity contribution in [1.82, 2.24) is 9.78 Å². The summed E-state index contributed by atoms with van der Waals surface area (Å²) in [6, 6.07) is 6.01. The van der Waals surface area contributed by atoms with Gasteiger partial charge in [-0.25, -0.2) is 4.68 Å². The number of carboxylic acid groups (broad SMARTS) is 2. The van der Waals surface area contributed by atoms with E-state index in [0.29, 0.717) is 23.9 Å². The molecule has 1 aromatic heterocycles. The summed E-state index contributed by atoms with van der Waals surface area (Å²) in [5, 5.41) is 29.9. The maximum absolute atomic E-state index is 13.3. The van der Waals surface area contributed by atoms with Gasteiger partial charge in [-0.2, -0.15) is 5.10 Å². The van der Waals surface area contributed by atoms with Crippen molar-refractivity contribution in [2.24, 2.45) is 17.3 Å². The quantitative estimate of drug-likeness (QED) is 0.698. The van der Waals surface area contributed by atoms with Crippen LogP contribution in [-0.4, -0.2) is 21.7 Å². The van der Waals surface area contributed by atoms with Crippen molar-refractivity contribution in [3.8, 4) is 0 Å². The van der Waals surface area contributed by atoms with Crippen LogP contribution in [0.5, 0.6) is 0 Å². The molecule has 0 amide bonds. The summed E-state index contributed by atoms with van der Waals surface area (Å²) in [5.41, 5.74) is -0.600. The molecule has 2 aromatic rings. The van der Waals surface area contributed by atoms with Crippen LogP contribution < -0.4 is 21.1 Å². The first-order valence-corrected chi connectivity index (χ1v) is 11.1. The van der Waals surface area contributed by atoms with Crippen LogP contribution in [0.1, 0.15) is 55.3 Å². The predicted molar refractivity (Wildman–Crippen MR) is 112 cm³/mol. The van der Waals surface area contributed by atoms with Crippen LogP contribution in [0.4, 0.5) is 11.4 Å². The molecule has 168 valence electrons. The van der Waals surface area contributed by atoms with E-state index >= 15 is 0 Å². The summed E-state index contributed by atoms with van der Waals surface area (Å²) in [6.07, 6.45) is 6.44. The van der Waals surface area contributed by atoms with E-state index in [9.17, 15) is 24.6 Å². The summed E-state index contributed by atoms with van der Waals surface area (Å²) in [5.74, 6) is -1.61. The average molecular weight is 456 g/mol. The minimum absolute atomic E-state index is 0.000732. The molecule has 0 spiro atoms. The molecule has 4 aliphatic rings. The molecule has 4 aliphatic carbocycles. The number of hydrogen-bond acceptors (Lipinski definition) is 7. The molecule has 4 bridgehead atoms. The molecule has 0 radical (unpaired) electrons. The molecule has 4 saturated carbocycles. The molecule has 1 aromatic carbocycles. The highest BCUT2D eigenvalue weighted by molar-refractivity contribution is 6.33. The number of nitrogens with zero attached hydrogens (tertiary/aromatic N) is 2. The molecule has 1 N–H and O–H groups in total. The highest BCUT2D eigenvalue weighted by Gasteiger charge is 2.59. The number of carbonyl (C=O) groups is 2. The Bertz CT molecular complexity index is 1160. The summed E-state index contributed by atoms with van der Waals surface area (Å²) in [4.78, 5) is 35.9. The van der Waals surface area contributed by atoms with E-state index in [1.54, 1.807) is 12.1 Å². The lowest BCUT2D eigenvalue weighted by Crippen LogP contribution is -2.60. The van der Waals surface area contributed by atoms with Gasteiger partial charge >= 0.3 is 0 Å². The lowest BCUT2D eigenvalue weighted by atomic mass is 9.46. The van der Waals surface area contributed by atoms with Crippen LogP contribution in [0.3, 0.4) is 0 Å². The average Bonchev–Trinajstić information content (AvgIpc) is 2.69. The van der Waals surface area contributed by atoms with Crippen LogP contribution in [0.15, 0.2) is 35.3 Å². The Labute approximate surface area is 189 Å². The minimum atomic E-state index is -1.31. The SMILES string of the molecule is O=C([O-])CC12C[C@H]3C[C@@H](C1)CC(n1ncc(Nc4cccc(C(=O)[O-])c4)c(Cl)c1=O)(C3)C2. The maximum Gasteiger partial charge on any atom is 0.288 e. The van der Waals surface area contributed by atoms with Crippen LogP contribution >= 0.6 is 11.6 Å². The topological polar surface area (TPSA) is 127 Å². The summed E-state index contributed by atoms with van der Waals surface area (Å²) in [7, 11) is 0. The van der Waals surface area contributed by atoms with Crippen molar-refractivity contribution in [3.63, 3.8) is 0 Å². The van der Waals surface area contributed by atoms with Gasteiger partial charge in [-0.05, 0) is 79.9 Å². The van der Waals surface area contributed by atoms with Gasteiger partial charge in [0.15, 0.2) is 0 Å². The van der Waals surface area contributed by atoms with Gasteiger partial charge in [-0.1, -0.05) is 23.7 Å². The van der Waals surface area contributed by atoms with Gasteiger partial charge in [0.1, 0.15) is 5.02 Å². The number of carboxylic acids is 2. The van der Waals surface area contributed by atoms with Gasteiger partial charge < -0.3 is 25.1 Å². The number of halogens is 1. The number of aromatic carboxylic acids is 1. The van der Waals surface area contributed by atoms with Crippen LogP contribution in [0, 0.1) is 17.3 Å². The van der Waals surface area contributed by atoms with Gasteiger partial charge in [0.2, 0.25) is 0 Å². The second kappa shape index (κ2) is 7.33. The number of aliphatic carboxylic acids is 1. The zero-order chi connectivity index (χ0) is 22.7. The summed E-state index contributed by atoms with van der Waals surface area (Å²) < 4.78 is 1.47. The second-order valence-corrected chi connectivity index (χ2v) is 10.2. The Balaban J connectivity index is 1.48. The highest BCUT2D eigenvalue weighted by atomic mass is 35.5. The fourth-order valence-electron chi connectivity index (χ4n) is 6.90. The first kappa shape index (κ1) is 21.0. The Morgan fingerprint density at radius 3 is 2.56 bits per heavy atom. The van der Waals surface area contributed by atoms with Crippen LogP contribution in [0.2, 0.25) is 5.02 Å². The summed E-state index contributed by atoms with van der Waals surface area (Å²) >= 11 is 6.44. The van der Waals surface area contributed by atoms with Crippen molar-refractivity contribution < 1.29 is 19.8 Å². The third-order valence-electron chi connectivity index (χ3n) is 7.42. The number of rotatable bonds is 6. The van der Waals surface area contributed by atoms with Gasteiger partial charge in [0, 0.05) is 11.7 Å². The van der Waals surface area contributed by atoms with E-state index in [4.69, 9.17) is 11.6 Å². The first-order valence-electron chi connectivity index (χ1n) is 10.8. The fraction of sp³-hybridized carbons (Fsp3) is 0.478. The molecule has 0 saturated heterocycles. The molecule has 8 nitrogen and oxygen atoms in total. The Morgan fingerprint density at radius 2 is 1.91 bits per heavy atom. The lowest BCUT2D eigenvalue weighted by molar-refractivity contribution is -0.310. The molecular formula is C23H22ClN3O5-2. The molecule has 6 rings (SSSR count). The minimum Gasteiger partial charge on any atom is -0.550 e.